The molecule has 0 saturated carbocycles. The number of carbonyl (C=O) groups is 3. The summed E-state index contributed by atoms with van der Waals surface area (Å²) in [5.74, 6) is 2.74. The van der Waals surface area contributed by atoms with Crippen molar-refractivity contribution in [1.82, 2.24) is 10.3 Å². The maximum atomic E-state index is 11.4. The third-order valence-corrected chi connectivity index (χ3v) is 2.68. The fraction of sp³-hybridized carbons (Fsp3) is 0.625. The van der Waals surface area contributed by atoms with Gasteiger partial charge in [-0.3, -0.25) is 19.8 Å². The summed E-state index contributed by atoms with van der Waals surface area (Å²) in [6.45, 7) is 2.17. The van der Waals surface area contributed by atoms with Gasteiger partial charge >= 0.3 is 11.8 Å². The van der Waals surface area contributed by atoms with Crippen LogP contribution in [0.5, 0.6) is 0 Å². The Bertz CT molecular complexity index is 317. The molecule has 1 fully saturated rings. The van der Waals surface area contributed by atoms with Crippen molar-refractivity contribution in [2.75, 3.05) is 13.1 Å². The Morgan fingerprint density at radius 3 is 2.40 bits per heavy atom. The molecule has 1 unspecified atom stereocenters. The van der Waals surface area contributed by atoms with Gasteiger partial charge in [-0.2, -0.15) is 0 Å². The van der Waals surface area contributed by atoms with Crippen LogP contribution >= 0.6 is 0 Å². The van der Waals surface area contributed by atoms with Gasteiger partial charge in [0.05, 0.1) is 5.41 Å². The molecule has 1 rings (SSSR count). The average molecular weight is 214 g/mol. The largest absolute Gasteiger partial charge is 0.369 e. The lowest BCUT2D eigenvalue weighted by Gasteiger charge is -2.20. The molecular formula is C8H14N4O3. The minimum Gasteiger partial charge on any atom is -0.369 e. The minimum atomic E-state index is -0.885. The van der Waals surface area contributed by atoms with Crippen molar-refractivity contribution < 1.29 is 14.4 Å². The zero-order valence-electron chi connectivity index (χ0n) is 8.45. The van der Waals surface area contributed by atoms with Gasteiger partial charge in [0.1, 0.15) is 0 Å². The van der Waals surface area contributed by atoms with Gasteiger partial charge in [-0.05, 0) is 13.3 Å². The Hall–Kier alpha value is -1.63. The summed E-state index contributed by atoms with van der Waals surface area (Å²) in [5.41, 5.74) is 6.21. The lowest BCUT2D eigenvalue weighted by molar-refractivity contribution is -0.145. The maximum Gasteiger partial charge on any atom is 0.323 e. The summed E-state index contributed by atoms with van der Waals surface area (Å²) in [6.07, 6.45) is 0.464. The van der Waals surface area contributed by atoms with Crippen LogP contribution in [0.1, 0.15) is 13.3 Å². The number of nitrogens with two attached hydrogens (primary N) is 2. The van der Waals surface area contributed by atoms with Crippen LogP contribution in [0, 0.1) is 5.41 Å². The highest BCUT2D eigenvalue weighted by atomic mass is 16.2. The molecule has 0 aromatic carbocycles. The molecule has 1 saturated heterocycles. The van der Waals surface area contributed by atoms with E-state index in [1.165, 1.54) is 4.90 Å². The fourth-order valence-electron chi connectivity index (χ4n) is 1.54. The number of amides is 3. The molecule has 1 aliphatic rings. The van der Waals surface area contributed by atoms with E-state index in [-0.39, 0.29) is 6.54 Å². The second-order valence-corrected chi connectivity index (χ2v) is 3.88. The standard InChI is InChI=1S/C8H14N4O3/c1-8(7(9)15)2-3-12(4-8)6(14)5(13)11-10/h2-4,10H2,1H3,(H2,9,15)(H,11,13). The highest BCUT2D eigenvalue weighted by Gasteiger charge is 2.41. The van der Waals surface area contributed by atoms with Crippen molar-refractivity contribution in [3.63, 3.8) is 0 Å². The molecule has 1 heterocycles. The first kappa shape index (κ1) is 11.4. The molecule has 1 atom stereocenters. The average Bonchev–Trinajstić information content (AvgIpc) is 2.60. The molecule has 0 bridgehead atoms. The third-order valence-electron chi connectivity index (χ3n) is 2.68. The summed E-state index contributed by atoms with van der Waals surface area (Å²) < 4.78 is 0. The van der Waals surface area contributed by atoms with E-state index < -0.39 is 23.1 Å². The molecule has 0 radical (unpaired) electrons. The van der Waals surface area contributed by atoms with Crippen LogP contribution in [0.15, 0.2) is 0 Å². The summed E-state index contributed by atoms with van der Waals surface area (Å²) >= 11 is 0. The highest BCUT2D eigenvalue weighted by molar-refractivity contribution is 6.34. The lowest BCUT2D eigenvalue weighted by Crippen LogP contribution is -2.46. The number of hydrazine groups is 1. The lowest BCUT2D eigenvalue weighted by atomic mass is 9.89. The second-order valence-electron chi connectivity index (χ2n) is 3.88. The van der Waals surface area contributed by atoms with E-state index in [4.69, 9.17) is 11.6 Å². The summed E-state index contributed by atoms with van der Waals surface area (Å²) in [6, 6.07) is 0. The molecule has 15 heavy (non-hydrogen) atoms. The van der Waals surface area contributed by atoms with E-state index in [0.29, 0.717) is 13.0 Å². The smallest absolute Gasteiger partial charge is 0.323 e. The van der Waals surface area contributed by atoms with Crippen LogP contribution in [0.2, 0.25) is 0 Å². The number of likely N-dealkylation sites (tertiary alicyclic amines) is 1. The van der Waals surface area contributed by atoms with E-state index in [0.717, 1.165) is 0 Å². The van der Waals surface area contributed by atoms with Crippen LogP contribution in [-0.4, -0.2) is 35.7 Å². The molecule has 1 aliphatic heterocycles. The van der Waals surface area contributed by atoms with E-state index in [1.54, 1.807) is 12.3 Å². The summed E-state index contributed by atoms with van der Waals surface area (Å²) in [5, 5.41) is 0. The van der Waals surface area contributed by atoms with Crippen molar-refractivity contribution in [3.8, 4) is 0 Å². The maximum absolute atomic E-state index is 11.4. The topological polar surface area (TPSA) is 119 Å². The zero-order chi connectivity index (χ0) is 11.6. The zero-order valence-corrected chi connectivity index (χ0v) is 8.45. The van der Waals surface area contributed by atoms with Gasteiger partial charge in [-0.25, -0.2) is 5.84 Å². The fourth-order valence-corrected chi connectivity index (χ4v) is 1.54. The molecule has 0 aliphatic carbocycles. The summed E-state index contributed by atoms with van der Waals surface area (Å²) in [4.78, 5) is 34.7. The van der Waals surface area contributed by atoms with Crippen molar-refractivity contribution in [3.05, 3.63) is 0 Å². The minimum absolute atomic E-state index is 0.161. The monoisotopic (exact) mass is 214 g/mol. The van der Waals surface area contributed by atoms with Gasteiger partial charge in [0.15, 0.2) is 0 Å². The first-order valence-electron chi connectivity index (χ1n) is 4.50. The molecule has 5 N–H and O–H groups in total. The van der Waals surface area contributed by atoms with E-state index >= 15 is 0 Å². The van der Waals surface area contributed by atoms with Crippen LogP contribution in [0.4, 0.5) is 0 Å². The SMILES string of the molecule is CC1(C(N)=O)CCN(C(=O)C(=O)NN)C1. The number of nitrogens with zero attached hydrogens (tertiary/aromatic N) is 1. The Kier molecular flexibility index (Phi) is 2.94. The Balaban J connectivity index is 2.68. The predicted molar refractivity (Wildman–Crippen MR) is 50.8 cm³/mol. The van der Waals surface area contributed by atoms with Crippen molar-refractivity contribution in [2.45, 2.75) is 13.3 Å². The van der Waals surface area contributed by atoms with Crippen LogP contribution in [0.25, 0.3) is 0 Å². The van der Waals surface area contributed by atoms with Gasteiger partial charge in [0.25, 0.3) is 0 Å². The van der Waals surface area contributed by atoms with Crippen molar-refractivity contribution in [1.29, 1.82) is 0 Å². The first-order chi connectivity index (χ1) is 6.90. The van der Waals surface area contributed by atoms with Crippen molar-refractivity contribution in [2.24, 2.45) is 17.0 Å². The van der Waals surface area contributed by atoms with Crippen molar-refractivity contribution >= 4 is 17.7 Å². The number of hydrogen-bond donors (Lipinski definition) is 3. The quantitative estimate of drug-likeness (QED) is 0.197. The molecule has 7 nitrogen and oxygen atoms in total. The van der Waals surface area contributed by atoms with Gasteiger partial charge in [0, 0.05) is 13.1 Å². The summed E-state index contributed by atoms with van der Waals surface area (Å²) in [7, 11) is 0. The van der Waals surface area contributed by atoms with E-state index in [2.05, 4.69) is 0 Å². The normalized spacial score (nSPS) is 25.1. The van der Waals surface area contributed by atoms with Crippen LogP contribution < -0.4 is 17.0 Å². The van der Waals surface area contributed by atoms with E-state index in [1.807, 2.05) is 0 Å². The highest BCUT2D eigenvalue weighted by Crippen LogP contribution is 2.29. The Morgan fingerprint density at radius 1 is 1.40 bits per heavy atom. The molecule has 84 valence electrons. The van der Waals surface area contributed by atoms with Gasteiger partial charge in [0.2, 0.25) is 5.91 Å². The number of primary amides is 1. The predicted octanol–water partition coefficient (Wildman–Crippen LogP) is -2.30. The van der Waals surface area contributed by atoms with Gasteiger partial charge in [-0.1, -0.05) is 0 Å². The Morgan fingerprint density at radius 2 is 2.00 bits per heavy atom. The molecule has 0 aromatic rings. The van der Waals surface area contributed by atoms with Crippen LogP contribution in [0.3, 0.4) is 0 Å². The van der Waals surface area contributed by atoms with Gasteiger partial charge in [-0.15, -0.1) is 0 Å². The molecule has 0 spiro atoms. The first-order valence-corrected chi connectivity index (χ1v) is 4.50. The number of hydrogen-bond acceptors (Lipinski definition) is 4. The second kappa shape index (κ2) is 3.85. The molecular weight excluding hydrogens is 200 g/mol. The molecule has 3 amide bonds. The number of rotatable bonds is 1. The van der Waals surface area contributed by atoms with Gasteiger partial charge < -0.3 is 10.6 Å². The van der Waals surface area contributed by atoms with E-state index in [9.17, 15) is 14.4 Å². The molecule has 7 heteroatoms. The number of nitrogens with one attached hydrogen (secondary N) is 1. The van der Waals surface area contributed by atoms with Crippen LogP contribution in [-0.2, 0) is 14.4 Å². The third kappa shape index (κ3) is 2.07. The molecule has 0 aromatic heterocycles. The number of carbonyl (C=O) groups excluding carboxylic acids is 3. The Labute approximate surface area is 86.7 Å².